The molecule has 0 saturated carbocycles. The molecule has 2 saturated heterocycles. The molecule has 0 aliphatic carbocycles. The van der Waals surface area contributed by atoms with Gasteiger partial charge in [0.1, 0.15) is 0 Å². The number of ether oxygens (including phenoxy) is 1. The van der Waals surface area contributed by atoms with Crippen molar-refractivity contribution >= 4 is 35.6 Å². The molecule has 0 amide bonds. The molecule has 27 heavy (non-hydrogen) atoms. The molecular weight excluding hydrogens is 453 g/mol. The number of rotatable bonds is 6. The molecule has 0 spiro atoms. The van der Waals surface area contributed by atoms with Gasteiger partial charge in [0.15, 0.2) is 5.96 Å². The van der Waals surface area contributed by atoms with Crippen LogP contribution < -0.4 is 15.5 Å². The van der Waals surface area contributed by atoms with Crippen LogP contribution in [0.4, 0.5) is 5.69 Å². The SMILES string of the molecule is CCNC(=NCCN1CCOCC1)NC1CCN(c2ccc(C)cc2)C1.I. The monoisotopic (exact) mass is 487 g/mol. The summed E-state index contributed by atoms with van der Waals surface area (Å²) in [6.07, 6.45) is 1.14. The van der Waals surface area contributed by atoms with Gasteiger partial charge in [0.2, 0.25) is 0 Å². The summed E-state index contributed by atoms with van der Waals surface area (Å²) in [5.41, 5.74) is 2.62. The maximum absolute atomic E-state index is 5.40. The van der Waals surface area contributed by atoms with Crippen molar-refractivity contribution in [2.24, 2.45) is 4.99 Å². The van der Waals surface area contributed by atoms with Gasteiger partial charge in [-0.2, -0.15) is 0 Å². The second-order valence-electron chi connectivity index (χ2n) is 7.13. The van der Waals surface area contributed by atoms with Crippen LogP contribution >= 0.6 is 24.0 Å². The highest BCUT2D eigenvalue weighted by atomic mass is 127. The van der Waals surface area contributed by atoms with Gasteiger partial charge in [-0.25, -0.2) is 0 Å². The smallest absolute Gasteiger partial charge is 0.191 e. The fraction of sp³-hybridized carbons (Fsp3) is 0.650. The number of anilines is 1. The molecule has 1 unspecified atom stereocenters. The zero-order valence-corrected chi connectivity index (χ0v) is 18.9. The van der Waals surface area contributed by atoms with Crippen LogP contribution in [-0.2, 0) is 4.74 Å². The Morgan fingerprint density at radius 1 is 1.19 bits per heavy atom. The first-order valence-corrected chi connectivity index (χ1v) is 9.91. The van der Waals surface area contributed by atoms with Crippen LogP contribution in [0.5, 0.6) is 0 Å². The molecule has 2 fully saturated rings. The Kier molecular flexibility index (Phi) is 9.64. The van der Waals surface area contributed by atoms with Gasteiger partial charge in [-0.15, -0.1) is 24.0 Å². The first-order valence-electron chi connectivity index (χ1n) is 9.91. The lowest BCUT2D eigenvalue weighted by atomic mass is 10.2. The van der Waals surface area contributed by atoms with Crippen molar-refractivity contribution in [2.45, 2.75) is 26.3 Å². The molecule has 6 nitrogen and oxygen atoms in total. The number of benzene rings is 1. The van der Waals surface area contributed by atoms with Gasteiger partial charge in [0.05, 0.1) is 19.8 Å². The summed E-state index contributed by atoms with van der Waals surface area (Å²) in [4.78, 5) is 9.65. The second kappa shape index (κ2) is 11.7. The molecule has 3 rings (SSSR count). The first kappa shape index (κ1) is 22.2. The molecule has 152 valence electrons. The fourth-order valence-corrected chi connectivity index (χ4v) is 3.51. The standard InChI is InChI=1S/C20H33N5O.HI/c1-3-21-20(22-9-11-24-12-14-26-15-13-24)23-18-8-10-25(16-18)19-6-4-17(2)5-7-19;/h4-7,18H,3,8-16H2,1-2H3,(H2,21,22,23);1H. The van der Waals surface area contributed by atoms with Crippen molar-refractivity contribution in [3.8, 4) is 0 Å². The highest BCUT2D eigenvalue weighted by Crippen LogP contribution is 2.20. The van der Waals surface area contributed by atoms with Crippen molar-refractivity contribution < 1.29 is 4.74 Å². The Bertz CT molecular complexity index is 574. The van der Waals surface area contributed by atoms with Gasteiger partial charge < -0.3 is 20.3 Å². The third-order valence-electron chi connectivity index (χ3n) is 5.06. The Balaban J connectivity index is 0.00000261. The van der Waals surface area contributed by atoms with Gasteiger partial charge in [-0.3, -0.25) is 9.89 Å². The molecule has 2 aliphatic rings. The predicted octanol–water partition coefficient (Wildman–Crippen LogP) is 2.08. The van der Waals surface area contributed by atoms with Crippen LogP contribution in [0.25, 0.3) is 0 Å². The summed E-state index contributed by atoms with van der Waals surface area (Å²) in [6, 6.07) is 9.26. The Labute approximate surface area is 180 Å². The minimum absolute atomic E-state index is 0. The van der Waals surface area contributed by atoms with E-state index in [-0.39, 0.29) is 24.0 Å². The van der Waals surface area contributed by atoms with Crippen molar-refractivity contribution in [1.82, 2.24) is 15.5 Å². The van der Waals surface area contributed by atoms with E-state index < -0.39 is 0 Å². The third-order valence-corrected chi connectivity index (χ3v) is 5.06. The van der Waals surface area contributed by atoms with Gasteiger partial charge >= 0.3 is 0 Å². The lowest BCUT2D eigenvalue weighted by Crippen LogP contribution is -2.45. The molecule has 1 aromatic carbocycles. The third kappa shape index (κ3) is 7.12. The van der Waals surface area contributed by atoms with E-state index in [2.05, 4.69) is 58.5 Å². The summed E-state index contributed by atoms with van der Waals surface area (Å²) >= 11 is 0. The zero-order valence-electron chi connectivity index (χ0n) is 16.6. The van der Waals surface area contributed by atoms with E-state index in [1.165, 1.54) is 11.3 Å². The maximum Gasteiger partial charge on any atom is 0.191 e. The van der Waals surface area contributed by atoms with Crippen LogP contribution in [-0.4, -0.2) is 75.9 Å². The molecular formula is C20H34IN5O. The molecule has 1 aromatic rings. The Morgan fingerprint density at radius 3 is 2.63 bits per heavy atom. The second-order valence-corrected chi connectivity index (χ2v) is 7.13. The molecule has 7 heteroatoms. The van der Waals surface area contributed by atoms with Gasteiger partial charge in [-0.1, -0.05) is 17.7 Å². The van der Waals surface area contributed by atoms with Gasteiger partial charge in [0.25, 0.3) is 0 Å². The summed E-state index contributed by atoms with van der Waals surface area (Å²) < 4.78 is 5.40. The van der Waals surface area contributed by atoms with Crippen molar-refractivity contribution in [2.75, 3.05) is 63.9 Å². The van der Waals surface area contributed by atoms with Crippen LogP contribution in [0, 0.1) is 6.92 Å². The summed E-state index contributed by atoms with van der Waals surface area (Å²) in [5.74, 6) is 0.941. The fourth-order valence-electron chi connectivity index (χ4n) is 3.51. The zero-order chi connectivity index (χ0) is 18.2. The molecule has 2 N–H and O–H groups in total. The summed E-state index contributed by atoms with van der Waals surface area (Å²) in [7, 11) is 0. The first-order chi connectivity index (χ1) is 12.7. The van der Waals surface area contributed by atoms with Crippen molar-refractivity contribution in [3.05, 3.63) is 29.8 Å². The van der Waals surface area contributed by atoms with Gasteiger partial charge in [0, 0.05) is 51.0 Å². The number of hydrogen-bond acceptors (Lipinski definition) is 4. The largest absolute Gasteiger partial charge is 0.379 e. The average Bonchev–Trinajstić information content (AvgIpc) is 3.12. The number of morpholine rings is 1. The number of nitrogens with zero attached hydrogens (tertiary/aromatic N) is 3. The van der Waals surface area contributed by atoms with Crippen LogP contribution in [0.3, 0.4) is 0 Å². The molecule has 0 bridgehead atoms. The quantitative estimate of drug-likeness (QED) is 0.366. The van der Waals surface area contributed by atoms with Crippen LogP contribution in [0.1, 0.15) is 18.9 Å². The van der Waals surface area contributed by atoms with Crippen LogP contribution in [0.15, 0.2) is 29.3 Å². The summed E-state index contributed by atoms with van der Waals surface area (Å²) in [5, 5.41) is 7.01. The van der Waals surface area contributed by atoms with E-state index in [9.17, 15) is 0 Å². The van der Waals surface area contributed by atoms with Gasteiger partial charge in [-0.05, 0) is 32.4 Å². The molecule has 0 radical (unpaired) electrons. The number of halogens is 1. The van der Waals surface area contributed by atoms with E-state index in [4.69, 9.17) is 9.73 Å². The van der Waals surface area contributed by atoms with Crippen molar-refractivity contribution in [3.63, 3.8) is 0 Å². The average molecular weight is 487 g/mol. The molecule has 1 atom stereocenters. The van der Waals surface area contributed by atoms with E-state index >= 15 is 0 Å². The van der Waals surface area contributed by atoms with E-state index in [0.717, 1.165) is 71.4 Å². The number of hydrogen-bond donors (Lipinski definition) is 2. The minimum Gasteiger partial charge on any atom is -0.379 e. The number of guanidine groups is 1. The lowest BCUT2D eigenvalue weighted by Gasteiger charge is -2.26. The van der Waals surface area contributed by atoms with Crippen molar-refractivity contribution in [1.29, 1.82) is 0 Å². The topological polar surface area (TPSA) is 52.1 Å². The number of aryl methyl sites for hydroxylation is 1. The highest BCUT2D eigenvalue weighted by molar-refractivity contribution is 14.0. The Hall–Kier alpha value is -1.06. The van der Waals surface area contributed by atoms with E-state index in [1.807, 2.05) is 0 Å². The lowest BCUT2D eigenvalue weighted by molar-refractivity contribution is 0.0394. The van der Waals surface area contributed by atoms with E-state index in [1.54, 1.807) is 0 Å². The predicted molar refractivity (Wildman–Crippen MR) is 124 cm³/mol. The number of aliphatic imine (C=N–C) groups is 1. The normalized spacial score (nSPS) is 21.0. The summed E-state index contributed by atoms with van der Waals surface area (Å²) in [6.45, 7) is 12.8. The molecule has 0 aromatic heterocycles. The Morgan fingerprint density at radius 2 is 1.93 bits per heavy atom. The molecule has 2 heterocycles. The minimum atomic E-state index is 0. The van der Waals surface area contributed by atoms with Crippen LogP contribution in [0.2, 0.25) is 0 Å². The molecule has 2 aliphatic heterocycles. The highest BCUT2D eigenvalue weighted by Gasteiger charge is 2.23. The number of nitrogens with one attached hydrogen (secondary N) is 2. The maximum atomic E-state index is 5.40. The van der Waals surface area contributed by atoms with E-state index in [0.29, 0.717) is 6.04 Å².